The van der Waals surface area contributed by atoms with Gasteiger partial charge in [-0.3, -0.25) is 0 Å². The maximum atomic E-state index is 5.74. The van der Waals surface area contributed by atoms with E-state index in [1.165, 1.54) is 44.2 Å². The van der Waals surface area contributed by atoms with Gasteiger partial charge in [0, 0.05) is 24.7 Å². The van der Waals surface area contributed by atoms with E-state index in [0.29, 0.717) is 12.5 Å². The first-order valence-corrected chi connectivity index (χ1v) is 6.92. The molecule has 0 atom stereocenters. The van der Waals surface area contributed by atoms with E-state index >= 15 is 0 Å². The molecule has 0 spiro atoms. The smallest absolute Gasteiger partial charge is 0.155 e. The zero-order chi connectivity index (χ0) is 12.4. The van der Waals surface area contributed by atoms with Crippen LogP contribution in [0.25, 0.3) is 5.65 Å². The van der Waals surface area contributed by atoms with Gasteiger partial charge >= 0.3 is 0 Å². The topological polar surface area (TPSA) is 56.2 Å². The Morgan fingerprint density at radius 1 is 1.22 bits per heavy atom. The Morgan fingerprint density at radius 2 is 2.00 bits per heavy atom. The van der Waals surface area contributed by atoms with Crippen molar-refractivity contribution in [3.63, 3.8) is 0 Å². The van der Waals surface area contributed by atoms with Gasteiger partial charge in [-0.15, -0.1) is 0 Å². The molecule has 2 heterocycles. The minimum atomic E-state index is 0.505. The highest BCUT2D eigenvalue weighted by Crippen LogP contribution is 2.31. The molecule has 0 radical (unpaired) electrons. The third-order valence-corrected chi connectivity index (χ3v) is 3.94. The molecule has 2 N–H and O–H groups in total. The summed E-state index contributed by atoms with van der Waals surface area (Å²) < 4.78 is 1.90. The van der Waals surface area contributed by atoms with Crippen LogP contribution in [0.1, 0.15) is 55.8 Å². The van der Waals surface area contributed by atoms with Crippen LogP contribution in [-0.4, -0.2) is 14.6 Å². The Labute approximate surface area is 107 Å². The lowest BCUT2D eigenvalue weighted by atomic mass is 9.97. The van der Waals surface area contributed by atoms with Crippen LogP contribution in [0.3, 0.4) is 0 Å². The van der Waals surface area contributed by atoms with Crippen LogP contribution in [-0.2, 0) is 6.54 Å². The second-order valence-electron chi connectivity index (χ2n) is 5.17. The van der Waals surface area contributed by atoms with Crippen molar-refractivity contribution in [1.82, 2.24) is 14.6 Å². The van der Waals surface area contributed by atoms with Gasteiger partial charge in [0.25, 0.3) is 0 Å². The van der Waals surface area contributed by atoms with Gasteiger partial charge in [-0.25, -0.2) is 9.50 Å². The Hall–Kier alpha value is -1.42. The molecule has 0 unspecified atom stereocenters. The lowest BCUT2D eigenvalue weighted by Crippen LogP contribution is -2.06. The van der Waals surface area contributed by atoms with E-state index < -0.39 is 0 Å². The second kappa shape index (κ2) is 5.06. The molecule has 0 saturated heterocycles. The lowest BCUT2D eigenvalue weighted by Gasteiger charge is -2.09. The largest absolute Gasteiger partial charge is 0.325 e. The van der Waals surface area contributed by atoms with Crippen molar-refractivity contribution in [1.29, 1.82) is 0 Å². The summed E-state index contributed by atoms with van der Waals surface area (Å²) in [5.41, 5.74) is 8.89. The number of nitrogens with zero attached hydrogens (tertiary/aromatic N) is 3. The third kappa shape index (κ3) is 2.12. The zero-order valence-corrected chi connectivity index (χ0v) is 10.7. The maximum absolute atomic E-state index is 5.74. The van der Waals surface area contributed by atoms with Gasteiger partial charge in [0.05, 0.1) is 11.4 Å². The molecule has 4 nitrogen and oxygen atoms in total. The highest BCUT2D eigenvalue weighted by molar-refractivity contribution is 5.41. The predicted molar refractivity (Wildman–Crippen MR) is 71.3 cm³/mol. The van der Waals surface area contributed by atoms with Crippen LogP contribution in [0.15, 0.2) is 18.3 Å². The molecular formula is C14H20N4. The number of nitrogens with two attached hydrogens (primary N) is 1. The van der Waals surface area contributed by atoms with Crippen molar-refractivity contribution in [2.45, 2.75) is 51.0 Å². The Kier molecular flexibility index (Phi) is 3.28. The molecule has 1 aliphatic carbocycles. The third-order valence-electron chi connectivity index (χ3n) is 3.94. The molecule has 2 aromatic heterocycles. The minimum absolute atomic E-state index is 0.505. The maximum Gasteiger partial charge on any atom is 0.155 e. The van der Waals surface area contributed by atoms with Crippen LogP contribution in [0.2, 0.25) is 0 Å². The molecule has 2 aromatic rings. The fourth-order valence-electron chi connectivity index (χ4n) is 2.89. The van der Waals surface area contributed by atoms with E-state index in [9.17, 15) is 0 Å². The fourth-order valence-corrected chi connectivity index (χ4v) is 2.89. The highest BCUT2D eigenvalue weighted by Gasteiger charge is 2.18. The molecule has 4 heteroatoms. The van der Waals surface area contributed by atoms with E-state index in [0.717, 1.165) is 11.3 Å². The van der Waals surface area contributed by atoms with Crippen LogP contribution in [0.5, 0.6) is 0 Å². The molecule has 96 valence electrons. The first kappa shape index (κ1) is 11.7. The van der Waals surface area contributed by atoms with Gasteiger partial charge < -0.3 is 5.73 Å². The summed E-state index contributed by atoms with van der Waals surface area (Å²) >= 11 is 0. The van der Waals surface area contributed by atoms with E-state index in [1.807, 2.05) is 16.8 Å². The summed E-state index contributed by atoms with van der Waals surface area (Å²) in [6.07, 6.45) is 9.75. The minimum Gasteiger partial charge on any atom is -0.325 e. The Balaban J connectivity index is 1.96. The van der Waals surface area contributed by atoms with Crippen molar-refractivity contribution in [2.24, 2.45) is 5.73 Å². The zero-order valence-electron chi connectivity index (χ0n) is 10.7. The van der Waals surface area contributed by atoms with Gasteiger partial charge in [0.2, 0.25) is 0 Å². The molecule has 3 rings (SSSR count). The summed E-state index contributed by atoms with van der Waals surface area (Å²) in [5, 5.41) is 4.72. The molecule has 0 aliphatic heterocycles. The molecule has 18 heavy (non-hydrogen) atoms. The first-order chi connectivity index (χ1) is 8.88. The van der Waals surface area contributed by atoms with Crippen molar-refractivity contribution in [2.75, 3.05) is 0 Å². The average molecular weight is 244 g/mol. The molecule has 1 fully saturated rings. The van der Waals surface area contributed by atoms with E-state index in [2.05, 4.69) is 11.1 Å². The fraction of sp³-hybridized carbons (Fsp3) is 0.571. The first-order valence-electron chi connectivity index (χ1n) is 6.92. The predicted octanol–water partition coefficient (Wildman–Crippen LogP) is 2.63. The highest BCUT2D eigenvalue weighted by atomic mass is 15.3. The van der Waals surface area contributed by atoms with E-state index in [4.69, 9.17) is 10.8 Å². The number of rotatable bonds is 2. The Morgan fingerprint density at radius 3 is 2.72 bits per heavy atom. The van der Waals surface area contributed by atoms with Crippen molar-refractivity contribution in [3.8, 4) is 0 Å². The molecular weight excluding hydrogens is 224 g/mol. The summed E-state index contributed by atoms with van der Waals surface area (Å²) in [7, 11) is 0. The van der Waals surface area contributed by atoms with Crippen molar-refractivity contribution >= 4 is 5.65 Å². The summed E-state index contributed by atoms with van der Waals surface area (Å²) in [4.78, 5) is 4.37. The molecule has 0 aromatic carbocycles. The molecule has 0 amide bonds. The molecule has 1 aliphatic rings. The van der Waals surface area contributed by atoms with E-state index in [1.54, 1.807) is 0 Å². The number of aromatic nitrogens is 3. The molecule has 0 bridgehead atoms. The van der Waals surface area contributed by atoms with Crippen LogP contribution in [0.4, 0.5) is 0 Å². The number of hydrogen-bond donors (Lipinski definition) is 1. The summed E-state index contributed by atoms with van der Waals surface area (Å²) in [6.45, 7) is 0.505. The summed E-state index contributed by atoms with van der Waals surface area (Å²) in [5.74, 6) is 0.611. The van der Waals surface area contributed by atoms with Crippen LogP contribution < -0.4 is 5.73 Å². The van der Waals surface area contributed by atoms with Gasteiger partial charge in [-0.05, 0) is 18.9 Å². The van der Waals surface area contributed by atoms with Gasteiger partial charge in [0.1, 0.15) is 0 Å². The van der Waals surface area contributed by atoms with Gasteiger partial charge in [0.15, 0.2) is 5.65 Å². The van der Waals surface area contributed by atoms with Crippen LogP contribution in [0, 0.1) is 0 Å². The lowest BCUT2D eigenvalue weighted by molar-refractivity contribution is 0.571. The summed E-state index contributed by atoms with van der Waals surface area (Å²) in [6, 6.07) is 4.08. The molecule has 1 saturated carbocycles. The Bertz CT molecular complexity index is 524. The van der Waals surface area contributed by atoms with Gasteiger partial charge in [-0.1, -0.05) is 25.7 Å². The average Bonchev–Trinajstić information content (AvgIpc) is 2.65. The SMILES string of the molecule is NCc1ccnc2cc(C3CCCCCC3)nn12. The van der Waals surface area contributed by atoms with E-state index in [-0.39, 0.29) is 0 Å². The van der Waals surface area contributed by atoms with Crippen molar-refractivity contribution in [3.05, 3.63) is 29.7 Å². The van der Waals surface area contributed by atoms with Crippen molar-refractivity contribution < 1.29 is 0 Å². The number of fused-ring (bicyclic) bond motifs is 1. The standard InChI is InChI=1S/C14H20N4/c15-10-12-7-8-16-14-9-13(17-18(12)14)11-5-3-1-2-4-6-11/h7-9,11H,1-6,10,15H2. The van der Waals surface area contributed by atoms with Gasteiger partial charge in [-0.2, -0.15) is 5.10 Å². The quantitative estimate of drug-likeness (QED) is 0.826. The number of hydrogen-bond acceptors (Lipinski definition) is 3. The monoisotopic (exact) mass is 244 g/mol. The van der Waals surface area contributed by atoms with Crippen LogP contribution >= 0.6 is 0 Å². The normalized spacial score (nSPS) is 18.1. The second-order valence-corrected chi connectivity index (χ2v) is 5.17.